The second kappa shape index (κ2) is 3.12. The largest absolute Gasteiger partial charge is 0.467 e. The van der Waals surface area contributed by atoms with Gasteiger partial charge in [-0.15, -0.1) is 0 Å². The number of hydrogen-bond acceptors (Lipinski definition) is 3. The van der Waals surface area contributed by atoms with Crippen LogP contribution in [0.15, 0.2) is 18.2 Å². The van der Waals surface area contributed by atoms with Crippen molar-refractivity contribution in [2.75, 3.05) is 6.61 Å². The van der Waals surface area contributed by atoms with Crippen molar-refractivity contribution in [3.63, 3.8) is 0 Å². The zero-order valence-electron chi connectivity index (χ0n) is 7.77. The molecule has 1 amide bonds. The molecule has 2 aliphatic rings. The molecule has 1 aromatic rings. The van der Waals surface area contributed by atoms with E-state index in [1.165, 1.54) is 5.06 Å². The van der Waals surface area contributed by atoms with Gasteiger partial charge < -0.3 is 4.74 Å². The van der Waals surface area contributed by atoms with Gasteiger partial charge in [0.1, 0.15) is 5.75 Å². The van der Waals surface area contributed by atoms with Gasteiger partial charge in [-0.05, 0) is 18.2 Å². The number of carbonyl (C=O) groups excluding carboxylic acids is 1. The summed E-state index contributed by atoms with van der Waals surface area (Å²) >= 11 is 5.82. The molecule has 1 aromatic carbocycles. The average molecular weight is 226 g/mol. The van der Waals surface area contributed by atoms with E-state index < -0.39 is 0 Å². The molecule has 1 saturated heterocycles. The molecule has 2 heterocycles. The van der Waals surface area contributed by atoms with E-state index in [1.807, 2.05) is 0 Å². The van der Waals surface area contributed by atoms with Crippen molar-refractivity contribution in [3.05, 3.63) is 28.8 Å². The van der Waals surface area contributed by atoms with Crippen LogP contribution in [0.2, 0.25) is 5.02 Å². The third-order valence-electron chi connectivity index (χ3n) is 2.49. The number of carbonyl (C=O) groups is 1. The van der Waals surface area contributed by atoms with Crippen LogP contribution in [0.1, 0.15) is 16.8 Å². The second-order valence-corrected chi connectivity index (χ2v) is 3.90. The lowest BCUT2D eigenvalue weighted by molar-refractivity contribution is -0.140. The van der Waals surface area contributed by atoms with E-state index in [0.29, 0.717) is 29.4 Å². The standard InChI is InChI=1S/C10H8ClNO3/c11-6-1-2-8-7(5-6)10(13)12-9(15-8)3-4-14-12/h1-2,5,9H,3-4H2/t9-/m0/s1. The van der Waals surface area contributed by atoms with Gasteiger partial charge in [-0.25, -0.2) is 0 Å². The first-order chi connectivity index (χ1) is 7.25. The Bertz CT molecular complexity index is 435. The number of ether oxygens (including phenoxy) is 1. The summed E-state index contributed by atoms with van der Waals surface area (Å²) in [6.07, 6.45) is 0.416. The summed E-state index contributed by atoms with van der Waals surface area (Å²) in [7, 11) is 0. The fourth-order valence-corrected chi connectivity index (χ4v) is 1.96. The number of halogens is 1. The number of rotatable bonds is 0. The Balaban J connectivity index is 2.09. The molecule has 78 valence electrons. The maximum absolute atomic E-state index is 11.9. The first kappa shape index (κ1) is 9.00. The molecule has 15 heavy (non-hydrogen) atoms. The highest BCUT2D eigenvalue weighted by Crippen LogP contribution is 2.33. The molecule has 5 heteroatoms. The van der Waals surface area contributed by atoms with Crippen molar-refractivity contribution < 1.29 is 14.4 Å². The molecular formula is C10H8ClNO3. The number of hydroxylamine groups is 2. The maximum Gasteiger partial charge on any atom is 0.284 e. The minimum absolute atomic E-state index is 0.179. The Morgan fingerprint density at radius 2 is 2.33 bits per heavy atom. The van der Waals surface area contributed by atoms with Gasteiger partial charge in [0.15, 0.2) is 0 Å². The second-order valence-electron chi connectivity index (χ2n) is 3.47. The number of hydrogen-bond donors (Lipinski definition) is 0. The smallest absolute Gasteiger partial charge is 0.284 e. The van der Waals surface area contributed by atoms with E-state index in [4.69, 9.17) is 21.2 Å². The molecule has 0 radical (unpaired) electrons. The molecule has 0 unspecified atom stereocenters. The lowest BCUT2D eigenvalue weighted by Gasteiger charge is -2.29. The Hall–Kier alpha value is -1.26. The Labute approximate surface area is 91.3 Å². The van der Waals surface area contributed by atoms with Crippen LogP contribution < -0.4 is 4.74 Å². The van der Waals surface area contributed by atoms with Crippen LogP contribution >= 0.6 is 11.6 Å². The van der Waals surface area contributed by atoms with Crippen molar-refractivity contribution in [2.24, 2.45) is 0 Å². The molecule has 0 aromatic heterocycles. The van der Waals surface area contributed by atoms with Gasteiger partial charge in [-0.1, -0.05) is 11.6 Å². The summed E-state index contributed by atoms with van der Waals surface area (Å²) < 4.78 is 5.60. The van der Waals surface area contributed by atoms with Gasteiger partial charge >= 0.3 is 0 Å². The van der Waals surface area contributed by atoms with Crippen molar-refractivity contribution in [1.29, 1.82) is 0 Å². The molecule has 0 bridgehead atoms. The Morgan fingerprint density at radius 1 is 1.47 bits per heavy atom. The monoisotopic (exact) mass is 225 g/mol. The van der Waals surface area contributed by atoms with Crippen molar-refractivity contribution in [2.45, 2.75) is 12.6 Å². The van der Waals surface area contributed by atoms with Crippen LogP contribution in [0.25, 0.3) is 0 Å². The Kier molecular flexibility index (Phi) is 1.87. The van der Waals surface area contributed by atoms with Gasteiger partial charge in [-0.3, -0.25) is 9.63 Å². The lowest BCUT2D eigenvalue weighted by atomic mass is 10.1. The number of nitrogens with zero attached hydrogens (tertiary/aromatic N) is 1. The van der Waals surface area contributed by atoms with Crippen molar-refractivity contribution in [3.8, 4) is 5.75 Å². The Morgan fingerprint density at radius 3 is 3.20 bits per heavy atom. The highest BCUT2D eigenvalue weighted by atomic mass is 35.5. The SMILES string of the molecule is O=C1c2cc(Cl)ccc2O[C@H]2CCON12. The van der Waals surface area contributed by atoms with E-state index in [-0.39, 0.29) is 12.1 Å². The molecule has 1 atom stereocenters. The minimum atomic E-state index is -0.286. The average Bonchev–Trinajstić information content (AvgIpc) is 2.68. The van der Waals surface area contributed by atoms with E-state index >= 15 is 0 Å². The van der Waals surface area contributed by atoms with Crippen LogP contribution in [-0.2, 0) is 4.84 Å². The summed E-state index contributed by atoms with van der Waals surface area (Å²) in [4.78, 5) is 17.1. The van der Waals surface area contributed by atoms with E-state index in [2.05, 4.69) is 0 Å². The summed E-state index contributed by atoms with van der Waals surface area (Å²) in [5.41, 5.74) is 0.459. The molecule has 0 saturated carbocycles. The quantitative estimate of drug-likeness (QED) is 0.676. The van der Waals surface area contributed by atoms with Crippen LogP contribution in [0.3, 0.4) is 0 Å². The molecule has 2 aliphatic heterocycles. The van der Waals surface area contributed by atoms with E-state index in [9.17, 15) is 4.79 Å². The highest BCUT2D eigenvalue weighted by Gasteiger charge is 2.38. The third kappa shape index (κ3) is 1.29. The van der Waals surface area contributed by atoms with Crippen LogP contribution in [0, 0.1) is 0 Å². The molecule has 0 aliphatic carbocycles. The van der Waals surface area contributed by atoms with E-state index in [0.717, 1.165) is 0 Å². The van der Waals surface area contributed by atoms with Crippen molar-refractivity contribution in [1.82, 2.24) is 5.06 Å². The van der Waals surface area contributed by atoms with Gasteiger partial charge in [-0.2, -0.15) is 5.06 Å². The molecule has 0 spiro atoms. The van der Waals surface area contributed by atoms with Crippen LogP contribution in [0.5, 0.6) is 5.75 Å². The molecule has 0 N–H and O–H groups in total. The molecule has 1 fully saturated rings. The maximum atomic E-state index is 11.9. The number of fused-ring (bicyclic) bond motifs is 2. The predicted octanol–water partition coefficient (Wildman–Crippen LogP) is 1.84. The zero-order valence-corrected chi connectivity index (χ0v) is 8.53. The first-order valence-electron chi connectivity index (χ1n) is 4.68. The molecule has 4 nitrogen and oxygen atoms in total. The summed E-state index contributed by atoms with van der Waals surface area (Å²) in [5.74, 6) is 0.400. The van der Waals surface area contributed by atoms with Crippen molar-refractivity contribution >= 4 is 17.5 Å². The lowest BCUT2D eigenvalue weighted by Crippen LogP contribution is -2.42. The zero-order chi connectivity index (χ0) is 10.4. The third-order valence-corrected chi connectivity index (χ3v) is 2.73. The van der Waals surface area contributed by atoms with Gasteiger partial charge in [0.05, 0.1) is 12.2 Å². The number of benzene rings is 1. The van der Waals surface area contributed by atoms with Crippen LogP contribution in [0.4, 0.5) is 0 Å². The highest BCUT2D eigenvalue weighted by molar-refractivity contribution is 6.31. The fourth-order valence-electron chi connectivity index (χ4n) is 1.79. The molecular weight excluding hydrogens is 218 g/mol. The summed E-state index contributed by atoms with van der Waals surface area (Å²) in [6.45, 7) is 0.512. The normalized spacial score (nSPS) is 23.4. The number of amides is 1. The van der Waals surface area contributed by atoms with Gasteiger partial charge in [0.2, 0.25) is 6.23 Å². The summed E-state index contributed by atoms with van der Waals surface area (Å²) in [5, 5.41) is 1.79. The van der Waals surface area contributed by atoms with Crippen LogP contribution in [-0.4, -0.2) is 23.8 Å². The predicted molar refractivity (Wildman–Crippen MR) is 52.6 cm³/mol. The summed E-state index contributed by atoms with van der Waals surface area (Å²) in [6, 6.07) is 5.02. The first-order valence-corrected chi connectivity index (χ1v) is 5.06. The van der Waals surface area contributed by atoms with E-state index in [1.54, 1.807) is 18.2 Å². The minimum Gasteiger partial charge on any atom is -0.467 e. The fraction of sp³-hybridized carbons (Fsp3) is 0.300. The van der Waals surface area contributed by atoms with Gasteiger partial charge in [0.25, 0.3) is 5.91 Å². The molecule has 3 rings (SSSR count). The topological polar surface area (TPSA) is 38.8 Å². The van der Waals surface area contributed by atoms with Gasteiger partial charge in [0, 0.05) is 11.4 Å².